The molecule has 0 aliphatic rings. The number of alkyl halides is 1. The van der Waals surface area contributed by atoms with Gasteiger partial charge in [-0.25, -0.2) is 0 Å². The summed E-state index contributed by atoms with van der Waals surface area (Å²) in [5.41, 5.74) is 0.673. The highest BCUT2D eigenvalue weighted by atomic mass is 127. The SMILES string of the molecule is N#Cc1ccc(OCCCCCI)cc1. The third kappa shape index (κ3) is 5.03. The molecule has 1 aromatic rings. The van der Waals surface area contributed by atoms with E-state index in [4.69, 9.17) is 10.00 Å². The summed E-state index contributed by atoms with van der Waals surface area (Å²) in [7, 11) is 0. The lowest BCUT2D eigenvalue weighted by molar-refractivity contribution is 0.306. The molecule has 1 aromatic carbocycles. The molecule has 3 heteroatoms. The number of rotatable bonds is 6. The molecule has 0 unspecified atom stereocenters. The van der Waals surface area contributed by atoms with Crippen LogP contribution in [-0.4, -0.2) is 11.0 Å². The normalized spacial score (nSPS) is 9.60. The summed E-state index contributed by atoms with van der Waals surface area (Å²) in [6.07, 6.45) is 3.58. The minimum atomic E-state index is 0.673. The van der Waals surface area contributed by atoms with Crippen LogP contribution in [0.25, 0.3) is 0 Å². The van der Waals surface area contributed by atoms with Gasteiger partial charge in [-0.1, -0.05) is 22.6 Å². The molecule has 0 spiro atoms. The first-order valence-electron chi connectivity index (χ1n) is 5.06. The number of hydrogen-bond acceptors (Lipinski definition) is 2. The molecular weight excluding hydrogens is 301 g/mol. The monoisotopic (exact) mass is 315 g/mol. The Hall–Kier alpha value is -0.760. The Labute approximate surface area is 104 Å². The molecule has 0 bridgehead atoms. The molecule has 0 aliphatic heterocycles. The van der Waals surface area contributed by atoms with Crippen molar-refractivity contribution in [2.45, 2.75) is 19.3 Å². The number of nitriles is 1. The molecule has 0 heterocycles. The molecule has 0 aliphatic carbocycles. The van der Waals surface area contributed by atoms with E-state index in [2.05, 4.69) is 28.7 Å². The predicted molar refractivity (Wildman–Crippen MR) is 69.4 cm³/mol. The second kappa shape index (κ2) is 7.52. The van der Waals surface area contributed by atoms with E-state index in [0.717, 1.165) is 18.8 Å². The average molecular weight is 315 g/mol. The number of nitrogens with zero attached hydrogens (tertiary/aromatic N) is 1. The van der Waals surface area contributed by atoms with Crippen molar-refractivity contribution in [2.75, 3.05) is 11.0 Å². The Kier molecular flexibility index (Phi) is 6.17. The molecule has 0 fully saturated rings. The second-order valence-corrected chi connectivity index (χ2v) is 4.31. The molecule has 1 rings (SSSR count). The largest absolute Gasteiger partial charge is 0.494 e. The van der Waals surface area contributed by atoms with Crippen LogP contribution in [0.2, 0.25) is 0 Å². The highest BCUT2D eigenvalue weighted by molar-refractivity contribution is 14.1. The van der Waals surface area contributed by atoms with E-state index in [1.54, 1.807) is 12.1 Å². The van der Waals surface area contributed by atoms with Crippen molar-refractivity contribution >= 4 is 22.6 Å². The van der Waals surface area contributed by atoms with Crippen molar-refractivity contribution in [2.24, 2.45) is 0 Å². The summed E-state index contributed by atoms with van der Waals surface area (Å²) in [6.45, 7) is 0.766. The van der Waals surface area contributed by atoms with Crippen LogP contribution in [0, 0.1) is 11.3 Å². The van der Waals surface area contributed by atoms with Gasteiger partial charge in [0.05, 0.1) is 18.2 Å². The molecule has 0 aromatic heterocycles. The molecule has 15 heavy (non-hydrogen) atoms. The molecule has 0 saturated carbocycles. The fourth-order valence-corrected chi connectivity index (χ4v) is 1.73. The van der Waals surface area contributed by atoms with Crippen LogP contribution in [-0.2, 0) is 0 Å². The van der Waals surface area contributed by atoms with Gasteiger partial charge in [0.2, 0.25) is 0 Å². The highest BCUT2D eigenvalue weighted by Gasteiger charge is 1.94. The Morgan fingerprint density at radius 2 is 1.87 bits per heavy atom. The standard InChI is InChI=1S/C12H14INO/c13-8-2-1-3-9-15-12-6-4-11(10-14)5-7-12/h4-7H,1-3,8-9H2. The zero-order chi connectivity index (χ0) is 10.9. The van der Waals surface area contributed by atoms with Gasteiger partial charge >= 0.3 is 0 Å². The number of hydrogen-bond donors (Lipinski definition) is 0. The van der Waals surface area contributed by atoms with Crippen LogP contribution >= 0.6 is 22.6 Å². The van der Waals surface area contributed by atoms with Gasteiger partial charge in [-0.15, -0.1) is 0 Å². The molecule has 80 valence electrons. The van der Waals surface area contributed by atoms with Crippen molar-refractivity contribution in [1.29, 1.82) is 5.26 Å². The Bertz CT molecular complexity index is 315. The maximum Gasteiger partial charge on any atom is 0.119 e. The minimum Gasteiger partial charge on any atom is -0.494 e. The Balaban J connectivity index is 2.23. The molecule has 0 radical (unpaired) electrons. The van der Waals surface area contributed by atoms with Crippen molar-refractivity contribution in [3.8, 4) is 11.8 Å². The minimum absolute atomic E-state index is 0.673. The topological polar surface area (TPSA) is 33.0 Å². The number of benzene rings is 1. The maximum absolute atomic E-state index is 8.61. The van der Waals surface area contributed by atoms with E-state index >= 15 is 0 Å². The van der Waals surface area contributed by atoms with Crippen molar-refractivity contribution in [3.05, 3.63) is 29.8 Å². The third-order valence-electron chi connectivity index (χ3n) is 2.03. The highest BCUT2D eigenvalue weighted by Crippen LogP contribution is 2.12. The first-order chi connectivity index (χ1) is 7.36. The molecule has 0 atom stereocenters. The number of ether oxygens (including phenoxy) is 1. The maximum atomic E-state index is 8.61. The Morgan fingerprint density at radius 3 is 2.47 bits per heavy atom. The van der Waals surface area contributed by atoms with Gasteiger partial charge in [-0.05, 0) is 48.0 Å². The fourth-order valence-electron chi connectivity index (χ4n) is 1.19. The third-order valence-corrected chi connectivity index (χ3v) is 2.79. The first kappa shape index (κ1) is 12.3. The number of halogens is 1. The first-order valence-corrected chi connectivity index (χ1v) is 6.58. The predicted octanol–water partition coefficient (Wildman–Crippen LogP) is 3.54. The quantitative estimate of drug-likeness (QED) is 0.457. The fraction of sp³-hybridized carbons (Fsp3) is 0.417. The summed E-state index contributed by atoms with van der Waals surface area (Å²) in [6, 6.07) is 9.33. The van der Waals surface area contributed by atoms with E-state index in [9.17, 15) is 0 Å². The van der Waals surface area contributed by atoms with Crippen molar-refractivity contribution in [3.63, 3.8) is 0 Å². The van der Waals surface area contributed by atoms with Crippen molar-refractivity contribution < 1.29 is 4.74 Å². The zero-order valence-corrected chi connectivity index (χ0v) is 10.7. The van der Waals surface area contributed by atoms with E-state index in [0.29, 0.717) is 5.56 Å². The summed E-state index contributed by atoms with van der Waals surface area (Å²) in [5.74, 6) is 0.850. The van der Waals surface area contributed by atoms with Crippen LogP contribution in [0.5, 0.6) is 5.75 Å². The van der Waals surface area contributed by atoms with E-state index < -0.39 is 0 Å². The van der Waals surface area contributed by atoms with Gasteiger partial charge in [-0.2, -0.15) is 5.26 Å². The molecule has 2 nitrogen and oxygen atoms in total. The zero-order valence-electron chi connectivity index (χ0n) is 8.58. The van der Waals surface area contributed by atoms with Crippen LogP contribution in [0.3, 0.4) is 0 Å². The molecule has 0 amide bonds. The average Bonchev–Trinajstić information content (AvgIpc) is 2.30. The lowest BCUT2D eigenvalue weighted by Crippen LogP contribution is -1.97. The summed E-state index contributed by atoms with van der Waals surface area (Å²) >= 11 is 2.39. The molecule has 0 saturated heterocycles. The van der Waals surface area contributed by atoms with Crippen molar-refractivity contribution in [1.82, 2.24) is 0 Å². The second-order valence-electron chi connectivity index (χ2n) is 3.23. The molecular formula is C12H14INO. The smallest absolute Gasteiger partial charge is 0.119 e. The van der Waals surface area contributed by atoms with Gasteiger partial charge in [0.25, 0.3) is 0 Å². The van der Waals surface area contributed by atoms with Gasteiger partial charge in [0.1, 0.15) is 5.75 Å². The van der Waals surface area contributed by atoms with Crippen LogP contribution in [0.1, 0.15) is 24.8 Å². The van der Waals surface area contributed by atoms with E-state index in [-0.39, 0.29) is 0 Å². The summed E-state index contributed by atoms with van der Waals surface area (Å²) < 4.78 is 6.76. The lowest BCUT2D eigenvalue weighted by atomic mass is 10.2. The number of unbranched alkanes of at least 4 members (excludes halogenated alkanes) is 2. The van der Waals surface area contributed by atoms with Gasteiger partial charge in [0, 0.05) is 0 Å². The van der Waals surface area contributed by atoms with Crippen LogP contribution < -0.4 is 4.74 Å². The molecule has 0 N–H and O–H groups in total. The van der Waals surface area contributed by atoms with E-state index in [1.165, 1.54) is 17.3 Å². The summed E-state index contributed by atoms with van der Waals surface area (Å²) in [4.78, 5) is 0. The van der Waals surface area contributed by atoms with Crippen LogP contribution in [0.15, 0.2) is 24.3 Å². The van der Waals surface area contributed by atoms with Crippen LogP contribution in [0.4, 0.5) is 0 Å². The van der Waals surface area contributed by atoms with Gasteiger partial charge < -0.3 is 4.74 Å². The lowest BCUT2D eigenvalue weighted by Gasteiger charge is -2.05. The van der Waals surface area contributed by atoms with E-state index in [1.807, 2.05) is 12.1 Å². The van der Waals surface area contributed by atoms with Gasteiger partial charge in [0.15, 0.2) is 0 Å². The summed E-state index contributed by atoms with van der Waals surface area (Å²) in [5, 5.41) is 8.61. The van der Waals surface area contributed by atoms with Gasteiger partial charge in [-0.3, -0.25) is 0 Å². The Morgan fingerprint density at radius 1 is 1.13 bits per heavy atom.